The summed E-state index contributed by atoms with van der Waals surface area (Å²) in [4.78, 5) is 11.6. The van der Waals surface area contributed by atoms with Gasteiger partial charge in [0, 0.05) is 12.6 Å². The van der Waals surface area contributed by atoms with Gasteiger partial charge in [-0.15, -0.1) is 0 Å². The molecule has 1 amide bonds. The molecule has 3 atom stereocenters. The number of ether oxygens (including phenoxy) is 1. The van der Waals surface area contributed by atoms with Gasteiger partial charge in [0.2, 0.25) is 5.91 Å². The minimum atomic E-state index is -0.238. The molecule has 0 spiro atoms. The monoisotopic (exact) mass is 214 g/mol. The van der Waals surface area contributed by atoms with Crippen molar-refractivity contribution < 1.29 is 9.53 Å². The number of amides is 1. The minimum Gasteiger partial charge on any atom is -0.365 e. The molecule has 0 radical (unpaired) electrons. The lowest BCUT2D eigenvalue weighted by atomic mass is 10.1. The van der Waals surface area contributed by atoms with E-state index in [1.807, 2.05) is 13.8 Å². The van der Waals surface area contributed by atoms with Crippen molar-refractivity contribution in [1.82, 2.24) is 5.32 Å². The zero-order chi connectivity index (χ0) is 11.3. The number of rotatable bonds is 5. The van der Waals surface area contributed by atoms with E-state index in [1.54, 1.807) is 0 Å². The van der Waals surface area contributed by atoms with Crippen LogP contribution in [-0.4, -0.2) is 30.7 Å². The molecule has 1 aliphatic rings. The summed E-state index contributed by atoms with van der Waals surface area (Å²) in [5.74, 6) is 0.0163. The standard InChI is InChI=1S/C11H22N2O2/c1-3-9(12)6-7-13-11(14)10-5-4-8(2)15-10/h8-10H,3-7,12H2,1-2H3,(H,13,14). The smallest absolute Gasteiger partial charge is 0.249 e. The van der Waals surface area contributed by atoms with Gasteiger partial charge in [-0.25, -0.2) is 0 Å². The van der Waals surface area contributed by atoms with Gasteiger partial charge >= 0.3 is 0 Å². The van der Waals surface area contributed by atoms with Gasteiger partial charge in [0.15, 0.2) is 0 Å². The van der Waals surface area contributed by atoms with Crippen LogP contribution in [0.3, 0.4) is 0 Å². The highest BCUT2D eigenvalue weighted by molar-refractivity contribution is 5.80. The molecular weight excluding hydrogens is 192 g/mol. The first-order valence-electron chi connectivity index (χ1n) is 5.82. The second-order valence-electron chi connectivity index (χ2n) is 4.26. The van der Waals surface area contributed by atoms with Crippen LogP contribution in [0.5, 0.6) is 0 Å². The lowest BCUT2D eigenvalue weighted by molar-refractivity contribution is -0.131. The van der Waals surface area contributed by atoms with Crippen molar-refractivity contribution in [3.8, 4) is 0 Å². The molecule has 0 aromatic heterocycles. The van der Waals surface area contributed by atoms with Crippen LogP contribution < -0.4 is 11.1 Å². The Morgan fingerprint density at radius 1 is 1.60 bits per heavy atom. The van der Waals surface area contributed by atoms with Crippen LogP contribution in [0.15, 0.2) is 0 Å². The summed E-state index contributed by atoms with van der Waals surface area (Å²) < 4.78 is 5.46. The maximum atomic E-state index is 11.6. The Kier molecular flexibility index (Phi) is 5.05. The molecule has 1 rings (SSSR count). The number of nitrogens with one attached hydrogen (secondary N) is 1. The number of carbonyl (C=O) groups excluding carboxylic acids is 1. The third-order valence-corrected chi connectivity index (χ3v) is 2.86. The fourth-order valence-electron chi connectivity index (χ4n) is 1.69. The molecule has 4 nitrogen and oxygen atoms in total. The van der Waals surface area contributed by atoms with Gasteiger partial charge in [-0.2, -0.15) is 0 Å². The van der Waals surface area contributed by atoms with Crippen LogP contribution >= 0.6 is 0 Å². The molecule has 1 aliphatic heterocycles. The van der Waals surface area contributed by atoms with Gasteiger partial charge < -0.3 is 15.8 Å². The van der Waals surface area contributed by atoms with Crippen molar-refractivity contribution in [3.05, 3.63) is 0 Å². The third-order valence-electron chi connectivity index (χ3n) is 2.86. The molecule has 0 saturated carbocycles. The molecule has 15 heavy (non-hydrogen) atoms. The van der Waals surface area contributed by atoms with Crippen LogP contribution in [-0.2, 0) is 9.53 Å². The summed E-state index contributed by atoms with van der Waals surface area (Å²) in [6.07, 6.45) is 3.59. The Hall–Kier alpha value is -0.610. The van der Waals surface area contributed by atoms with E-state index in [1.165, 1.54) is 0 Å². The molecule has 1 fully saturated rings. The maximum Gasteiger partial charge on any atom is 0.249 e. The van der Waals surface area contributed by atoms with Crippen LogP contribution in [0.4, 0.5) is 0 Å². The number of hydrogen-bond donors (Lipinski definition) is 2. The van der Waals surface area contributed by atoms with E-state index in [9.17, 15) is 4.79 Å². The second-order valence-corrected chi connectivity index (χ2v) is 4.26. The molecule has 1 saturated heterocycles. The van der Waals surface area contributed by atoms with Crippen LogP contribution in [0.1, 0.15) is 39.5 Å². The summed E-state index contributed by atoms with van der Waals surface area (Å²) >= 11 is 0. The number of hydrogen-bond acceptors (Lipinski definition) is 3. The number of nitrogens with two attached hydrogens (primary N) is 1. The molecule has 1 heterocycles. The molecule has 4 heteroatoms. The quantitative estimate of drug-likeness (QED) is 0.711. The molecule has 0 aliphatic carbocycles. The van der Waals surface area contributed by atoms with E-state index in [0.717, 1.165) is 25.7 Å². The van der Waals surface area contributed by atoms with Gasteiger partial charge in [-0.05, 0) is 32.6 Å². The predicted octanol–water partition coefficient (Wildman–Crippen LogP) is 0.797. The van der Waals surface area contributed by atoms with E-state index in [0.29, 0.717) is 6.54 Å². The Bertz CT molecular complexity index is 209. The van der Waals surface area contributed by atoms with Crippen molar-refractivity contribution in [3.63, 3.8) is 0 Å². The van der Waals surface area contributed by atoms with E-state index >= 15 is 0 Å². The van der Waals surface area contributed by atoms with Crippen molar-refractivity contribution in [2.75, 3.05) is 6.54 Å². The minimum absolute atomic E-state index is 0.0163. The molecule has 0 aromatic rings. The molecule has 3 unspecified atom stereocenters. The fraction of sp³-hybridized carbons (Fsp3) is 0.909. The second kappa shape index (κ2) is 6.08. The van der Waals surface area contributed by atoms with Gasteiger partial charge in [0.05, 0.1) is 6.10 Å². The van der Waals surface area contributed by atoms with Crippen molar-refractivity contribution in [2.24, 2.45) is 5.73 Å². The van der Waals surface area contributed by atoms with Gasteiger partial charge in [-0.1, -0.05) is 6.92 Å². The Morgan fingerprint density at radius 3 is 2.87 bits per heavy atom. The summed E-state index contributed by atoms with van der Waals surface area (Å²) in [7, 11) is 0. The van der Waals surface area contributed by atoms with E-state index in [-0.39, 0.29) is 24.2 Å². The molecular formula is C11H22N2O2. The van der Waals surface area contributed by atoms with E-state index in [4.69, 9.17) is 10.5 Å². The van der Waals surface area contributed by atoms with Gasteiger partial charge in [0.25, 0.3) is 0 Å². The molecule has 88 valence electrons. The number of carbonyl (C=O) groups is 1. The van der Waals surface area contributed by atoms with Crippen LogP contribution in [0.25, 0.3) is 0 Å². The Morgan fingerprint density at radius 2 is 2.33 bits per heavy atom. The topological polar surface area (TPSA) is 64.3 Å². The first-order valence-corrected chi connectivity index (χ1v) is 5.82. The predicted molar refractivity (Wildman–Crippen MR) is 59.5 cm³/mol. The zero-order valence-electron chi connectivity index (χ0n) is 9.66. The molecule has 0 aromatic carbocycles. The molecule has 0 bridgehead atoms. The summed E-state index contributed by atoms with van der Waals surface area (Å²) in [5, 5.41) is 2.87. The SMILES string of the molecule is CCC(N)CCNC(=O)C1CCC(C)O1. The largest absolute Gasteiger partial charge is 0.365 e. The fourth-order valence-corrected chi connectivity index (χ4v) is 1.69. The van der Waals surface area contributed by atoms with Gasteiger partial charge in [-0.3, -0.25) is 4.79 Å². The first kappa shape index (κ1) is 12.5. The highest BCUT2D eigenvalue weighted by Gasteiger charge is 2.27. The van der Waals surface area contributed by atoms with Gasteiger partial charge in [0.1, 0.15) is 6.10 Å². The maximum absolute atomic E-state index is 11.6. The average Bonchev–Trinajstić information content (AvgIpc) is 2.64. The first-order chi connectivity index (χ1) is 7.13. The Balaban J connectivity index is 2.13. The normalized spacial score (nSPS) is 27.7. The lowest BCUT2D eigenvalue weighted by Crippen LogP contribution is -2.37. The summed E-state index contributed by atoms with van der Waals surface area (Å²) in [6.45, 7) is 4.70. The summed E-state index contributed by atoms with van der Waals surface area (Å²) in [5.41, 5.74) is 5.75. The van der Waals surface area contributed by atoms with E-state index < -0.39 is 0 Å². The van der Waals surface area contributed by atoms with Crippen molar-refractivity contribution in [1.29, 1.82) is 0 Å². The Labute approximate surface area is 91.5 Å². The summed E-state index contributed by atoms with van der Waals surface area (Å²) in [6, 6.07) is 0.189. The van der Waals surface area contributed by atoms with Crippen molar-refractivity contribution >= 4 is 5.91 Å². The highest BCUT2D eigenvalue weighted by Crippen LogP contribution is 2.18. The third kappa shape index (κ3) is 4.18. The highest BCUT2D eigenvalue weighted by atomic mass is 16.5. The average molecular weight is 214 g/mol. The van der Waals surface area contributed by atoms with Crippen LogP contribution in [0, 0.1) is 0 Å². The van der Waals surface area contributed by atoms with Crippen molar-refractivity contribution in [2.45, 2.75) is 57.8 Å². The van der Waals surface area contributed by atoms with Crippen LogP contribution in [0.2, 0.25) is 0 Å². The zero-order valence-corrected chi connectivity index (χ0v) is 9.66. The van der Waals surface area contributed by atoms with E-state index in [2.05, 4.69) is 5.32 Å². The lowest BCUT2D eigenvalue weighted by Gasteiger charge is -2.13. The molecule has 3 N–H and O–H groups in total.